The highest BCUT2D eigenvalue weighted by atomic mass is 16.3. The van der Waals surface area contributed by atoms with Crippen molar-refractivity contribution in [3.63, 3.8) is 0 Å². The fourth-order valence-electron chi connectivity index (χ4n) is 3.67. The third kappa shape index (κ3) is 2.13. The lowest BCUT2D eigenvalue weighted by Crippen LogP contribution is -2.26. The van der Waals surface area contributed by atoms with E-state index in [4.69, 9.17) is 0 Å². The Kier molecular flexibility index (Phi) is 3.44. The molecule has 0 aliphatic carbocycles. The van der Waals surface area contributed by atoms with Crippen LogP contribution in [0.5, 0.6) is 0 Å². The van der Waals surface area contributed by atoms with Gasteiger partial charge in [0.05, 0.1) is 5.69 Å². The van der Waals surface area contributed by atoms with Gasteiger partial charge in [-0.2, -0.15) is 0 Å². The molecule has 1 unspecified atom stereocenters. The zero-order chi connectivity index (χ0) is 15.2. The molecule has 2 aliphatic rings. The Balaban J connectivity index is 1.88. The van der Waals surface area contributed by atoms with Crippen LogP contribution in [0.15, 0.2) is 18.2 Å². The summed E-state index contributed by atoms with van der Waals surface area (Å²) in [7, 11) is 1.73. The van der Waals surface area contributed by atoms with Gasteiger partial charge in [-0.25, -0.2) is 0 Å². The molecule has 1 atom stereocenters. The van der Waals surface area contributed by atoms with Crippen LogP contribution in [0, 0.1) is 5.41 Å². The van der Waals surface area contributed by atoms with Gasteiger partial charge in [-0.3, -0.25) is 4.79 Å². The quantitative estimate of drug-likeness (QED) is 0.930. The fraction of sp³-hybridized carbons (Fsp3) is 0.588. The molecule has 1 aromatic rings. The number of aliphatic hydroxyl groups excluding tert-OH is 1. The molecule has 114 valence electrons. The van der Waals surface area contributed by atoms with Crippen molar-refractivity contribution in [2.75, 3.05) is 29.9 Å². The second-order valence-corrected chi connectivity index (χ2v) is 6.42. The van der Waals surface area contributed by atoms with Crippen molar-refractivity contribution in [2.45, 2.75) is 39.2 Å². The summed E-state index contributed by atoms with van der Waals surface area (Å²) >= 11 is 0. The van der Waals surface area contributed by atoms with Gasteiger partial charge in [-0.1, -0.05) is 19.9 Å². The maximum atomic E-state index is 11.9. The molecule has 1 saturated heterocycles. The van der Waals surface area contributed by atoms with Crippen molar-refractivity contribution in [1.29, 1.82) is 0 Å². The van der Waals surface area contributed by atoms with E-state index >= 15 is 0 Å². The number of aliphatic hydroxyl groups is 1. The number of hydrogen-bond acceptors (Lipinski definition) is 3. The van der Waals surface area contributed by atoms with Gasteiger partial charge in [0.25, 0.3) is 5.91 Å². The SMILES string of the molecule is CCC1(CC)CCN(c2ccc3c(c2)N(C)C(=O)C3O)C1. The van der Waals surface area contributed by atoms with Crippen molar-refractivity contribution < 1.29 is 9.90 Å². The molecule has 0 bridgehead atoms. The number of fused-ring (bicyclic) bond motifs is 1. The van der Waals surface area contributed by atoms with Crippen LogP contribution < -0.4 is 9.80 Å². The fourth-order valence-corrected chi connectivity index (χ4v) is 3.67. The third-order valence-electron chi connectivity index (χ3n) is 5.54. The molecule has 21 heavy (non-hydrogen) atoms. The normalized spacial score (nSPS) is 23.8. The zero-order valence-corrected chi connectivity index (χ0v) is 13.1. The average molecular weight is 288 g/mol. The van der Waals surface area contributed by atoms with Gasteiger partial charge in [-0.15, -0.1) is 0 Å². The summed E-state index contributed by atoms with van der Waals surface area (Å²) in [4.78, 5) is 15.8. The molecular weight excluding hydrogens is 264 g/mol. The van der Waals surface area contributed by atoms with Crippen molar-refractivity contribution in [3.8, 4) is 0 Å². The summed E-state index contributed by atoms with van der Waals surface area (Å²) in [5, 5.41) is 9.93. The van der Waals surface area contributed by atoms with E-state index in [0.29, 0.717) is 5.41 Å². The number of rotatable bonds is 3. The number of nitrogens with zero attached hydrogens (tertiary/aromatic N) is 2. The first-order valence-electron chi connectivity index (χ1n) is 7.86. The van der Waals surface area contributed by atoms with Gasteiger partial charge in [0.1, 0.15) is 0 Å². The maximum Gasteiger partial charge on any atom is 0.260 e. The number of anilines is 2. The molecule has 1 fully saturated rings. The average Bonchev–Trinajstić information content (AvgIpc) is 3.05. The van der Waals surface area contributed by atoms with Crippen molar-refractivity contribution in [2.24, 2.45) is 5.41 Å². The Morgan fingerprint density at radius 3 is 2.67 bits per heavy atom. The van der Waals surface area contributed by atoms with E-state index in [-0.39, 0.29) is 5.91 Å². The lowest BCUT2D eigenvalue weighted by Gasteiger charge is -2.27. The van der Waals surface area contributed by atoms with E-state index in [1.54, 1.807) is 11.9 Å². The highest BCUT2D eigenvalue weighted by Gasteiger charge is 2.37. The highest BCUT2D eigenvalue weighted by molar-refractivity contribution is 6.03. The van der Waals surface area contributed by atoms with Crippen LogP contribution in [-0.4, -0.2) is 31.2 Å². The van der Waals surface area contributed by atoms with Gasteiger partial charge in [0, 0.05) is 31.4 Å². The predicted octanol–water partition coefficient (Wildman–Crippen LogP) is 2.71. The molecule has 0 saturated carbocycles. The first-order valence-corrected chi connectivity index (χ1v) is 7.86. The first-order chi connectivity index (χ1) is 10.0. The monoisotopic (exact) mass is 288 g/mol. The molecule has 3 rings (SSSR count). The second kappa shape index (κ2) is 5.02. The van der Waals surface area contributed by atoms with Crippen LogP contribution in [0.25, 0.3) is 0 Å². The van der Waals surface area contributed by atoms with Crippen LogP contribution in [0.2, 0.25) is 0 Å². The van der Waals surface area contributed by atoms with Gasteiger partial charge < -0.3 is 14.9 Å². The summed E-state index contributed by atoms with van der Waals surface area (Å²) in [5.74, 6) is -0.236. The number of carbonyl (C=O) groups is 1. The minimum absolute atomic E-state index is 0.236. The van der Waals surface area contributed by atoms with Crippen LogP contribution in [0.4, 0.5) is 11.4 Å². The van der Waals surface area contributed by atoms with Gasteiger partial charge in [0.15, 0.2) is 6.10 Å². The summed E-state index contributed by atoms with van der Waals surface area (Å²) < 4.78 is 0. The van der Waals surface area contributed by atoms with Crippen molar-refractivity contribution in [1.82, 2.24) is 0 Å². The molecule has 0 spiro atoms. The summed E-state index contributed by atoms with van der Waals surface area (Å²) in [5.41, 5.74) is 3.16. The Bertz CT molecular complexity index is 566. The lowest BCUT2D eigenvalue weighted by atomic mass is 9.82. The summed E-state index contributed by atoms with van der Waals surface area (Å²) in [6, 6.07) is 5.98. The minimum atomic E-state index is -0.997. The van der Waals surface area contributed by atoms with E-state index < -0.39 is 6.10 Å². The molecule has 0 radical (unpaired) electrons. The lowest BCUT2D eigenvalue weighted by molar-refractivity contribution is -0.125. The number of amides is 1. The Labute approximate surface area is 126 Å². The zero-order valence-electron chi connectivity index (χ0n) is 13.1. The van der Waals surface area contributed by atoms with Gasteiger partial charge >= 0.3 is 0 Å². The minimum Gasteiger partial charge on any atom is -0.378 e. The smallest absolute Gasteiger partial charge is 0.260 e. The van der Waals surface area contributed by atoms with Crippen LogP contribution in [0.1, 0.15) is 44.8 Å². The molecular formula is C17H24N2O2. The molecule has 2 aliphatic heterocycles. The van der Waals surface area contributed by atoms with Crippen molar-refractivity contribution in [3.05, 3.63) is 23.8 Å². The van der Waals surface area contributed by atoms with E-state index in [0.717, 1.165) is 30.0 Å². The topological polar surface area (TPSA) is 43.8 Å². The molecule has 0 aromatic heterocycles. The molecule has 2 heterocycles. The van der Waals surface area contributed by atoms with Crippen molar-refractivity contribution >= 4 is 17.3 Å². The highest BCUT2D eigenvalue weighted by Crippen LogP contribution is 2.42. The number of benzene rings is 1. The molecule has 1 amide bonds. The predicted molar refractivity (Wildman–Crippen MR) is 84.7 cm³/mol. The molecule has 4 nitrogen and oxygen atoms in total. The Hall–Kier alpha value is -1.55. The largest absolute Gasteiger partial charge is 0.378 e. The Morgan fingerprint density at radius 1 is 1.33 bits per heavy atom. The number of likely N-dealkylation sites (N-methyl/N-ethyl adjacent to an activating group) is 1. The molecule has 1 aromatic carbocycles. The molecule has 4 heteroatoms. The molecule has 1 N–H and O–H groups in total. The van der Waals surface area contributed by atoms with Crippen LogP contribution >= 0.6 is 0 Å². The standard InChI is InChI=1S/C17H24N2O2/c1-4-17(5-2)8-9-19(11-17)12-6-7-13-14(10-12)18(3)16(21)15(13)20/h6-7,10,15,20H,4-5,8-9,11H2,1-3H3. The number of carbonyl (C=O) groups excluding carboxylic acids is 1. The van der Waals surface area contributed by atoms with Gasteiger partial charge in [0.2, 0.25) is 0 Å². The first kappa shape index (κ1) is 14.4. The van der Waals surface area contributed by atoms with E-state index in [1.807, 2.05) is 18.2 Å². The van der Waals surface area contributed by atoms with Gasteiger partial charge in [-0.05, 0) is 36.8 Å². The Morgan fingerprint density at radius 2 is 2.05 bits per heavy atom. The van der Waals surface area contributed by atoms with Crippen LogP contribution in [-0.2, 0) is 4.79 Å². The number of hydrogen-bond donors (Lipinski definition) is 1. The third-order valence-corrected chi connectivity index (χ3v) is 5.54. The van der Waals surface area contributed by atoms with Crippen LogP contribution in [0.3, 0.4) is 0 Å². The van der Waals surface area contributed by atoms with E-state index in [2.05, 4.69) is 18.7 Å². The second-order valence-electron chi connectivity index (χ2n) is 6.42. The maximum absolute atomic E-state index is 11.9. The van der Waals surface area contributed by atoms with E-state index in [9.17, 15) is 9.90 Å². The summed E-state index contributed by atoms with van der Waals surface area (Å²) in [6.45, 7) is 6.71. The summed E-state index contributed by atoms with van der Waals surface area (Å²) in [6.07, 6.45) is 2.65. The van der Waals surface area contributed by atoms with E-state index in [1.165, 1.54) is 19.3 Å².